The SMILES string of the molecule is CC(C)Cc1cccc(NS(C)(=O)=O)c1. The van der Waals surface area contributed by atoms with Gasteiger partial charge in [-0.1, -0.05) is 26.0 Å². The molecule has 1 aromatic rings. The molecule has 84 valence electrons. The summed E-state index contributed by atoms with van der Waals surface area (Å²) in [6.45, 7) is 4.27. The van der Waals surface area contributed by atoms with Gasteiger partial charge in [0.1, 0.15) is 0 Å². The number of benzene rings is 1. The zero-order valence-electron chi connectivity index (χ0n) is 9.32. The molecule has 4 heteroatoms. The van der Waals surface area contributed by atoms with E-state index in [0.717, 1.165) is 18.2 Å². The van der Waals surface area contributed by atoms with Crippen molar-refractivity contribution in [3.8, 4) is 0 Å². The second-order valence-electron chi connectivity index (χ2n) is 4.17. The minimum absolute atomic E-state index is 0.568. The minimum atomic E-state index is -3.17. The molecule has 0 saturated carbocycles. The number of rotatable bonds is 4. The molecule has 0 spiro atoms. The van der Waals surface area contributed by atoms with Crippen LogP contribution in [0.2, 0.25) is 0 Å². The van der Waals surface area contributed by atoms with E-state index < -0.39 is 10.0 Å². The lowest BCUT2D eigenvalue weighted by atomic mass is 10.0. The molecule has 0 aliphatic rings. The van der Waals surface area contributed by atoms with Gasteiger partial charge < -0.3 is 0 Å². The Labute approximate surface area is 91.6 Å². The average Bonchev–Trinajstić information content (AvgIpc) is 1.99. The Kier molecular flexibility index (Phi) is 3.74. The summed E-state index contributed by atoms with van der Waals surface area (Å²) in [4.78, 5) is 0. The van der Waals surface area contributed by atoms with Crippen LogP contribution in [0.3, 0.4) is 0 Å². The van der Waals surface area contributed by atoms with Crippen LogP contribution in [0.15, 0.2) is 24.3 Å². The zero-order valence-corrected chi connectivity index (χ0v) is 10.1. The molecular weight excluding hydrogens is 210 g/mol. The topological polar surface area (TPSA) is 46.2 Å². The summed E-state index contributed by atoms with van der Waals surface area (Å²) in [7, 11) is -3.17. The quantitative estimate of drug-likeness (QED) is 0.857. The number of anilines is 1. The number of hydrogen-bond donors (Lipinski definition) is 1. The molecule has 1 N–H and O–H groups in total. The Hall–Kier alpha value is -1.03. The van der Waals surface area contributed by atoms with Crippen LogP contribution in [0, 0.1) is 5.92 Å². The van der Waals surface area contributed by atoms with Gasteiger partial charge in [-0.2, -0.15) is 0 Å². The van der Waals surface area contributed by atoms with Gasteiger partial charge in [0.05, 0.1) is 6.26 Å². The Morgan fingerprint density at radius 3 is 2.53 bits per heavy atom. The van der Waals surface area contributed by atoms with Crippen molar-refractivity contribution in [2.45, 2.75) is 20.3 Å². The molecule has 0 aromatic heterocycles. The highest BCUT2D eigenvalue weighted by atomic mass is 32.2. The van der Waals surface area contributed by atoms with Crippen molar-refractivity contribution in [2.75, 3.05) is 11.0 Å². The van der Waals surface area contributed by atoms with Crippen molar-refractivity contribution in [1.29, 1.82) is 0 Å². The summed E-state index contributed by atoms with van der Waals surface area (Å²) < 4.78 is 24.5. The normalized spacial score (nSPS) is 11.7. The average molecular weight is 227 g/mol. The molecule has 0 aliphatic heterocycles. The fourth-order valence-corrected chi connectivity index (χ4v) is 2.00. The van der Waals surface area contributed by atoms with Crippen molar-refractivity contribution in [3.63, 3.8) is 0 Å². The first-order valence-electron chi connectivity index (χ1n) is 4.93. The van der Waals surface area contributed by atoms with Crippen molar-refractivity contribution in [2.24, 2.45) is 5.92 Å². The van der Waals surface area contributed by atoms with Crippen molar-refractivity contribution < 1.29 is 8.42 Å². The molecule has 0 fully saturated rings. The lowest BCUT2D eigenvalue weighted by Gasteiger charge is -2.08. The van der Waals surface area contributed by atoms with Gasteiger partial charge in [0.25, 0.3) is 0 Å². The van der Waals surface area contributed by atoms with Gasteiger partial charge >= 0.3 is 0 Å². The van der Waals surface area contributed by atoms with E-state index in [1.54, 1.807) is 6.07 Å². The Bertz CT molecular complexity index is 424. The summed E-state index contributed by atoms with van der Waals surface area (Å²) in [5.41, 5.74) is 1.79. The first kappa shape index (κ1) is 12.0. The predicted molar refractivity (Wildman–Crippen MR) is 63.5 cm³/mol. The molecule has 0 aliphatic carbocycles. The van der Waals surface area contributed by atoms with Gasteiger partial charge in [-0.15, -0.1) is 0 Å². The minimum Gasteiger partial charge on any atom is -0.284 e. The molecule has 0 amide bonds. The van der Waals surface area contributed by atoms with Crippen molar-refractivity contribution in [1.82, 2.24) is 0 Å². The van der Waals surface area contributed by atoms with E-state index in [9.17, 15) is 8.42 Å². The van der Waals surface area contributed by atoms with E-state index >= 15 is 0 Å². The third kappa shape index (κ3) is 4.83. The molecule has 0 radical (unpaired) electrons. The van der Waals surface area contributed by atoms with Crippen LogP contribution in [0.4, 0.5) is 5.69 Å². The lowest BCUT2D eigenvalue weighted by Crippen LogP contribution is -2.09. The van der Waals surface area contributed by atoms with E-state index in [-0.39, 0.29) is 0 Å². The van der Waals surface area contributed by atoms with Gasteiger partial charge in [-0.25, -0.2) is 8.42 Å². The van der Waals surface area contributed by atoms with Gasteiger partial charge in [0.2, 0.25) is 10.0 Å². The fourth-order valence-electron chi connectivity index (χ4n) is 1.45. The first-order valence-corrected chi connectivity index (χ1v) is 6.82. The lowest BCUT2D eigenvalue weighted by molar-refractivity contribution is 0.607. The highest BCUT2D eigenvalue weighted by Gasteiger charge is 2.03. The van der Waals surface area contributed by atoms with Gasteiger partial charge in [0.15, 0.2) is 0 Å². The van der Waals surface area contributed by atoms with E-state index in [0.29, 0.717) is 11.6 Å². The Morgan fingerprint density at radius 2 is 2.00 bits per heavy atom. The Balaban J connectivity index is 2.83. The van der Waals surface area contributed by atoms with Crippen LogP contribution in [-0.4, -0.2) is 14.7 Å². The molecule has 0 unspecified atom stereocenters. The second-order valence-corrected chi connectivity index (χ2v) is 5.92. The maximum atomic E-state index is 11.0. The van der Waals surface area contributed by atoms with E-state index in [4.69, 9.17) is 0 Å². The third-order valence-electron chi connectivity index (χ3n) is 1.87. The van der Waals surface area contributed by atoms with E-state index in [1.165, 1.54) is 0 Å². The van der Waals surface area contributed by atoms with Crippen LogP contribution < -0.4 is 4.72 Å². The van der Waals surface area contributed by atoms with Crippen LogP contribution in [0.5, 0.6) is 0 Å². The molecule has 0 bridgehead atoms. The summed E-state index contributed by atoms with van der Waals surface area (Å²) in [6.07, 6.45) is 2.11. The summed E-state index contributed by atoms with van der Waals surface area (Å²) in [6, 6.07) is 7.50. The molecule has 0 saturated heterocycles. The Morgan fingerprint density at radius 1 is 1.33 bits per heavy atom. The van der Waals surface area contributed by atoms with E-state index in [2.05, 4.69) is 18.6 Å². The summed E-state index contributed by atoms with van der Waals surface area (Å²) >= 11 is 0. The highest BCUT2D eigenvalue weighted by Crippen LogP contribution is 2.14. The first-order chi connectivity index (χ1) is 6.87. The highest BCUT2D eigenvalue weighted by molar-refractivity contribution is 7.92. The van der Waals surface area contributed by atoms with Crippen LogP contribution in [-0.2, 0) is 16.4 Å². The zero-order chi connectivity index (χ0) is 11.5. The number of nitrogens with one attached hydrogen (secondary N) is 1. The maximum Gasteiger partial charge on any atom is 0.229 e. The summed E-state index contributed by atoms with van der Waals surface area (Å²) in [5.74, 6) is 0.568. The van der Waals surface area contributed by atoms with Gasteiger partial charge in [0, 0.05) is 5.69 Å². The van der Waals surface area contributed by atoms with Crippen LogP contribution in [0.1, 0.15) is 19.4 Å². The van der Waals surface area contributed by atoms with Crippen molar-refractivity contribution in [3.05, 3.63) is 29.8 Å². The standard InChI is InChI=1S/C11H17NO2S/c1-9(2)7-10-5-4-6-11(8-10)12-15(3,13)14/h4-6,8-9,12H,7H2,1-3H3. The third-order valence-corrected chi connectivity index (χ3v) is 2.48. The number of hydrogen-bond acceptors (Lipinski definition) is 2. The molecule has 1 rings (SSSR count). The summed E-state index contributed by atoms with van der Waals surface area (Å²) in [5, 5.41) is 0. The molecule has 15 heavy (non-hydrogen) atoms. The van der Waals surface area contributed by atoms with E-state index in [1.807, 2.05) is 18.2 Å². The van der Waals surface area contributed by atoms with Crippen LogP contribution in [0.25, 0.3) is 0 Å². The molecule has 1 aromatic carbocycles. The predicted octanol–water partition coefficient (Wildman–Crippen LogP) is 2.26. The monoisotopic (exact) mass is 227 g/mol. The molecule has 0 heterocycles. The molecular formula is C11H17NO2S. The fraction of sp³-hybridized carbons (Fsp3) is 0.455. The molecule has 3 nitrogen and oxygen atoms in total. The number of sulfonamides is 1. The maximum absolute atomic E-state index is 11.0. The smallest absolute Gasteiger partial charge is 0.229 e. The second kappa shape index (κ2) is 4.66. The van der Waals surface area contributed by atoms with Gasteiger partial charge in [-0.05, 0) is 30.0 Å². The van der Waals surface area contributed by atoms with Gasteiger partial charge in [-0.3, -0.25) is 4.72 Å². The van der Waals surface area contributed by atoms with Crippen LogP contribution >= 0.6 is 0 Å². The molecule has 0 atom stereocenters. The largest absolute Gasteiger partial charge is 0.284 e. The van der Waals surface area contributed by atoms with Crippen molar-refractivity contribution >= 4 is 15.7 Å².